The molecule has 0 unspecified atom stereocenters. The van der Waals surface area contributed by atoms with Gasteiger partial charge in [0.05, 0.1) is 5.02 Å². The molecular weight excluding hydrogens is 293 g/mol. The lowest BCUT2D eigenvalue weighted by atomic mass is 10.3. The second kappa shape index (κ2) is 4.67. The van der Waals surface area contributed by atoms with Crippen molar-refractivity contribution >= 4 is 33.3 Å². The van der Waals surface area contributed by atoms with E-state index in [4.69, 9.17) is 22.1 Å². The molecule has 2 N–H and O–H groups in total. The molecule has 0 radical (unpaired) electrons. The maximum absolute atomic E-state index is 5.98. The average molecular weight is 301 g/mol. The minimum atomic E-state index is 0.342. The number of anilines is 1. The first-order valence-corrected chi connectivity index (χ1v) is 5.54. The van der Waals surface area contributed by atoms with Crippen LogP contribution >= 0.6 is 27.5 Å². The van der Waals surface area contributed by atoms with Crippen LogP contribution in [-0.2, 0) is 0 Å². The number of nitrogen functional groups attached to an aromatic ring is 1. The van der Waals surface area contributed by atoms with Crippen molar-refractivity contribution < 1.29 is 4.74 Å². The van der Waals surface area contributed by atoms with Crippen LogP contribution in [0.1, 0.15) is 0 Å². The third kappa shape index (κ3) is 2.62. The molecule has 0 spiro atoms. The third-order valence-electron chi connectivity index (χ3n) is 1.77. The predicted molar refractivity (Wildman–Crippen MR) is 65.7 cm³/mol. The summed E-state index contributed by atoms with van der Waals surface area (Å²) < 4.78 is 6.32. The van der Waals surface area contributed by atoms with E-state index >= 15 is 0 Å². The molecule has 16 heavy (non-hydrogen) atoms. The second-order valence-corrected chi connectivity index (χ2v) is 4.30. The van der Waals surface area contributed by atoms with Crippen molar-refractivity contribution in [2.45, 2.75) is 0 Å². The molecule has 1 heterocycles. The highest BCUT2D eigenvalue weighted by Gasteiger charge is 2.04. The van der Waals surface area contributed by atoms with Crippen LogP contribution in [0.2, 0.25) is 5.02 Å². The summed E-state index contributed by atoms with van der Waals surface area (Å²) in [6.45, 7) is 0. The summed E-state index contributed by atoms with van der Waals surface area (Å²) in [7, 11) is 0. The van der Waals surface area contributed by atoms with Crippen molar-refractivity contribution in [1.82, 2.24) is 10.2 Å². The van der Waals surface area contributed by atoms with Gasteiger partial charge >= 0.3 is 0 Å². The normalized spacial score (nSPS) is 10.1. The molecule has 0 saturated carbocycles. The summed E-state index contributed by atoms with van der Waals surface area (Å²) in [5, 5.41) is 7.94. The molecule has 0 amide bonds. The highest BCUT2D eigenvalue weighted by atomic mass is 79.9. The van der Waals surface area contributed by atoms with Gasteiger partial charge in [0.25, 0.3) is 0 Å². The van der Waals surface area contributed by atoms with Crippen LogP contribution in [0.4, 0.5) is 5.82 Å². The van der Waals surface area contributed by atoms with Crippen molar-refractivity contribution in [1.29, 1.82) is 0 Å². The Kier molecular flexibility index (Phi) is 3.26. The molecule has 0 atom stereocenters. The number of rotatable bonds is 2. The molecule has 0 aliphatic rings. The fourth-order valence-corrected chi connectivity index (χ4v) is 1.77. The lowest BCUT2D eigenvalue weighted by molar-refractivity contribution is 0.456. The van der Waals surface area contributed by atoms with Gasteiger partial charge in [0.1, 0.15) is 11.6 Å². The number of ether oxygens (including phenoxy) is 1. The van der Waals surface area contributed by atoms with Gasteiger partial charge in [-0.1, -0.05) is 27.5 Å². The smallest absolute Gasteiger partial charge is 0.239 e. The number of hydrogen-bond acceptors (Lipinski definition) is 4. The standard InChI is InChI=1S/C10H7BrClN3O/c11-6-1-2-8(7(12)5-6)16-10-4-3-9(13)14-15-10/h1-5H,(H2,13,14). The number of benzene rings is 1. The zero-order chi connectivity index (χ0) is 11.5. The zero-order valence-corrected chi connectivity index (χ0v) is 10.4. The first-order chi connectivity index (χ1) is 7.65. The molecule has 4 nitrogen and oxygen atoms in total. The molecule has 6 heteroatoms. The Balaban J connectivity index is 2.23. The van der Waals surface area contributed by atoms with Gasteiger partial charge in [0.2, 0.25) is 5.88 Å². The molecule has 0 bridgehead atoms. The quantitative estimate of drug-likeness (QED) is 0.924. The molecular formula is C10H7BrClN3O. The monoisotopic (exact) mass is 299 g/mol. The van der Waals surface area contributed by atoms with Gasteiger partial charge in [-0.25, -0.2) is 0 Å². The Hall–Kier alpha value is -1.33. The van der Waals surface area contributed by atoms with E-state index in [1.807, 2.05) is 6.07 Å². The van der Waals surface area contributed by atoms with Crippen LogP contribution in [0.15, 0.2) is 34.8 Å². The summed E-state index contributed by atoms with van der Waals surface area (Å²) in [4.78, 5) is 0. The second-order valence-electron chi connectivity index (χ2n) is 2.97. The molecule has 82 valence electrons. The Morgan fingerprint density at radius 1 is 1.19 bits per heavy atom. The molecule has 0 saturated heterocycles. The molecule has 0 fully saturated rings. The van der Waals surface area contributed by atoms with Gasteiger partial charge in [0, 0.05) is 10.5 Å². The van der Waals surface area contributed by atoms with Crippen molar-refractivity contribution in [3.8, 4) is 11.6 Å². The molecule has 0 aliphatic heterocycles. The minimum Gasteiger partial charge on any atom is -0.436 e. The molecule has 2 aromatic rings. The van der Waals surface area contributed by atoms with Crippen LogP contribution in [0.5, 0.6) is 11.6 Å². The fourth-order valence-electron chi connectivity index (χ4n) is 1.06. The van der Waals surface area contributed by atoms with Gasteiger partial charge in [0.15, 0.2) is 0 Å². The summed E-state index contributed by atoms with van der Waals surface area (Å²) >= 11 is 9.29. The molecule has 0 aliphatic carbocycles. The molecule has 2 rings (SSSR count). The van der Waals surface area contributed by atoms with Gasteiger partial charge in [-0.2, -0.15) is 0 Å². The Morgan fingerprint density at radius 3 is 2.62 bits per heavy atom. The maximum Gasteiger partial charge on any atom is 0.239 e. The first-order valence-electron chi connectivity index (χ1n) is 4.37. The van der Waals surface area contributed by atoms with Gasteiger partial charge in [-0.05, 0) is 24.3 Å². The van der Waals surface area contributed by atoms with Gasteiger partial charge in [-0.3, -0.25) is 0 Å². The number of aromatic nitrogens is 2. The summed E-state index contributed by atoms with van der Waals surface area (Å²) in [5.41, 5.74) is 5.41. The van der Waals surface area contributed by atoms with E-state index < -0.39 is 0 Å². The van der Waals surface area contributed by atoms with E-state index in [2.05, 4.69) is 26.1 Å². The SMILES string of the molecule is Nc1ccc(Oc2ccc(Br)cc2Cl)nn1. The number of nitrogens with zero attached hydrogens (tertiary/aromatic N) is 2. The Bertz CT molecular complexity index is 504. The van der Waals surface area contributed by atoms with Crippen LogP contribution in [0, 0.1) is 0 Å². The highest BCUT2D eigenvalue weighted by Crippen LogP contribution is 2.30. The Labute approximate surface area is 106 Å². The van der Waals surface area contributed by atoms with E-state index in [0.717, 1.165) is 4.47 Å². The molecule has 1 aromatic heterocycles. The predicted octanol–water partition coefficient (Wildman–Crippen LogP) is 3.27. The first kappa shape index (κ1) is 11.2. The minimum absolute atomic E-state index is 0.342. The van der Waals surface area contributed by atoms with Crippen molar-refractivity contribution in [3.05, 3.63) is 39.8 Å². The number of hydrogen-bond donors (Lipinski definition) is 1. The summed E-state index contributed by atoms with van der Waals surface area (Å²) in [5.74, 6) is 1.21. The van der Waals surface area contributed by atoms with Crippen LogP contribution in [0.3, 0.4) is 0 Å². The van der Waals surface area contributed by atoms with E-state index in [1.165, 1.54) is 0 Å². The van der Waals surface area contributed by atoms with Gasteiger partial charge in [-0.15, -0.1) is 10.2 Å². The lowest BCUT2D eigenvalue weighted by Crippen LogP contribution is -1.95. The Morgan fingerprint density at radius 2 is 2.00 bits per heavy atom. The van der Waals surface area contributed by atoms with E-state index in [0.29, 0.717) is 22.5 Å². The van der Waals surface area contributed by atoms with Crippen LogP contribution < -0.4 is 10.5 Å². The fraction of sp³-hybridized carbons (Fsp3) is 0. The van der Waals surface area contributed by atoms with E-state index in [1.54, 1.807) is 24.3 Å². The maximum atomic E-state index is 5.98. The van der Waals surface area contributed by atoms with Crippen LogP contribution in [-0.4, -0.2) is 10.2 Å². The van der Waals surface area contributed by atoms with Crippen molar-refractivity contribution in [3.63, 3.8) is 0 Å². The van der Waals surface area contributed by atoms with Gasteiger partial charge < -0.3 is 10.5 Å². The third-order valence-corrected chi connectivity index (χ3v) is 2.56. The van der Waals surface area contributed by atoms with E-state index in [-0.39, 0.29) is 0 Å². The van der Waals surface area contributed by atoms with Crippen molar-refractivity contribution in [2.24, 2.45) is 0 Å². The number of nitrogens with two attached hydrogens (primary N) is 1. The van der Waals surface area contributed by atoms with Crippen LogP contribution in [0.25, 0.3) is 0 Å². The largest absolute Gasteiger partial charge is 0.436 e. The summed E-state index contributed by atoms with van der Waals surface area (Å²) in [6, 6.07) is 8.54. The lowest BCUT2D eigenvalue weighted by Gasteiger charge is -2.05. The summed E-state index contributed by atoms with van der Waals surface area (Å²) in [6.07, 6.45) is 0. The topological polar surface area (TPSA) is 61.0 Å². The molecule has 1 aromatic carbocycles. The highest BCUT2D eigenvalue weighted by molar-refractivity contribution is 9.10. The average Bonchev–Trinajstić information content (AvgIpc) is 2.25. The number of halogens is 2. The van der Waals surface area contributed by atoms with E-state index in [9.17, 15) is 0 Å². The van der Waals surface area contributed by atoms with Crippen molar-refractivity contribution in [2.75, 3.05) is 5.73 Å². The zero-order valence-electron chi connectivity index (χ0n) is 8.02.